The molecular weight excluding hydrogens is 256 g/mol. The Labute approximate surface area is 124 Å². The van der Waals surface area contributed by atoms with Gasteiger partial charge in [0, 0.05) is 6.42 Å². The van der Waals surface area contributed by atoms with E-state index in [4.69, 9.17) is 11.6 Å². The zero-order valence-corrected chi connectivity index (χ0v) is 13.4. The molecule has 0 aromatic heterocycles. The highest BCUT2D eigenvalue weighted by atomic mass is 35.5. The molecule has 19 heavy (non-hydrogen) atoms. The van der Waals surface area contributed by atoms with Gasteiger partial charge in [0.1, 0.15) is 0 Å². The predicted molar refractivity (Wildman–Crippen MR) is 85.7 cm³/mol. The first-order valence-electron chi connectivity index (χ1n) is 8.01. The lowest BCUT2D eigenvalue weighted by Crippen LogP contribution is -1.87. The second kappa shape index (κ2) is 14.1. The largest absolute Gasteiger partial charge is 0.281 e. The first-order valence-corrected chi connectivity index (χ1v) is 8.39. The van der Waals surface area contributed by atoms with Crippen LogP contribution in [-0.2, 0) is 4.79 Å². The minimum absolute atomic E-state index is 0.195. The molecule has 1 nitrogen and oxygen atoms in total. The molecule has 0 rings (SSSR count). The van der Waals surface area contributed by atoms with E-state index >= 15 is 0 Å². The third-order valence-electron chi connectivity index (χ3n) is 3.54. The fourth-order valence-electron chi connectivity index (χ4n) is 2.27. The molecule has 0 atom stereocenters. The van der Waals surface area contributed by atoms with E-state index in [1.807, 2.05) is 0 Å². The lowest BCUT2D eigenvalue weighted by Gasteiger charge is -2.05. The lowest BCUT2D eigenvalue weighted by molar-refractivity contribution is -0.111. The molecule has 112 valence electrons. The number of hydrogen-bond donors (Lipinski definition) is 0. The summed E-state index contributed by atoms with van der Waals surface area (Å²) in [6, 6.07) is 0. The van der Waals surface area contributed by atoms with E-state index in [1.54, 1.807) is 0 Å². The summed E-state index contributed by atoms with van der Waals surface area (Å²) in [6.07, 6.45) is 15.5. The number of rotatable bonds is 14. The first-order chi connectivity index (χ1) is 9.16. The highest BCUT2D eigenvalue weighted by Crippen LogP contribution is 2.16. The Morgan fingerprint density at radius 3 is 1.68 bits per heavy atom. The molecule has 0 amide bonds. The zero-order chi connectivity index (χ0) is 14.3. The Bertz CT molecular complexity index is 235. The van der Waals surface area contributed by atoms with Crippen molar-refractivity contribution < 1.29 is 4.79 Å². The molecule has 0 saturated heterocycles. The van der Waals surface area contributed by atoms with E-state index < -0.39 is 0 Å². The van der Waals surface area contributed by atoms with Gasteiger partial charge in [0.15, 0.2) is 0 Å². The Morgan fingerprint density at radius 1 is 0.789 bits per heavy atom. The van der Waals surface area contributed by atoms with Gasteiger partial charge in [0.2, 0.25) is 5.24 Å². The standard InChI is InChI=1S/C17H31ClO/c1-3-4-5-10-13-16(2)14-11-8-6-7-9-12-15-17(18)19/h2-15H2,1H3. The van der Waals surface area contributed by atoms with Crippen molar-refractivity contribution in [3.63, 3.8) is 0 Å². The van der Waals surface area contributed by atoms with E-state index in [1.165, 1.54) is 69.8 Å². The maximum Gasteiger partial charge on any atom is 0.221 e. The lowest BCUT2D eigenvalue weighted by atomic mass is 10.0. The zero-order valence-electron chi connectivity index (χ0n) is 12.7. The number of carbonyl (C=O) groups is 1. The number of hydrogen-bond acceptors (Lipinski definition) is 1. The summed E-state index contributed by atoms with van der Waals surface area (Å²) in [4.78, 5) is 10.5. The average molecular weight is 287 g/mol. The third-order valence-corrected chi connectivity index (χ3v) is 3.73. The second-order valence-electron chi connectivity index (χ2n) is 5.54. The molecule has 0 aliphatic rings. The van der Waals surface area contributed by atoms with Crippen molar-refractivity contribution >= 4 is 16.8 Å². The van der Waals surface area contributed by atoms with Gasteiger partial charge in [-0.2, -0.15) is 0 Å². The van der Waals surface area contributed by atoms with E-state index in [2.05, 4.69) is 13.5 Å². The van der Waals surface area contributed by atoms with Gasteiger partial charge < -0.3 is 0 Å². The van der Waals surface area contributed by atoms with E-state index in [9.17, 15) is 4.79 Å². The smallest absolute Gasteiger partial charge is 0.221 e. The van der Waals surface area contributed by atoms with Gasteiger partial charge in [-0.15, -0.1) is 0 Å². The van der Waals surface area contributed by atoms with Gasteiger partial charge in [0.25, 0.3) is 0 Å². The normalized spacial score (nSPS) is 10.6. The van der Waals surface area contributed by atoms with Crippen molar-refractivity contribution in [2.45, 2.75) is 90.4 Å². The van der Waals surface area contributed by atoms with Crippen LogP contribution in [0.25, 0.3) is 0 Å². The van der Waals surface area contributed by atoms with Crippen molar-refractivity contribution in [1.29, 1.82) is 0 Å². The molecular formula is C17H31ClO. The average Bonchev–Trinajstić information content (AvgIpc) is 2.37. The van der Waals surface area contributed by atoms with Crippen LogP contribution in [0.4, 0.5) is 0 Å². The molecule has 0 aliphatic heterocycles. The molecule has 2 heteroatoms. The minimum Gasteiger partial charge on any atom is -0.281 e. The predicted octanol–water partition coefficient (Wildman–Crippen LogP) is 6.40. The number of carbonyl (C=O) groups excluding carboxylic acids is 1. The summed E-state index contributed by atoms with van der Waals surface area (Å²) < 4.78 is 0. The maximum atomic E-state index is 10.5. The number of allylic oxidation sites excluding steroid dienone is 1. The van der Waals surface area contributed by atoms with E-state index in [-0.39, 0.29) is 5.24 Å². The third kappa shape index (κ3) is 15.6. The van der Waals surface area contributed by atoms with Gasteiger partial charge in [-0.1, -0.05) is 64.0 Å². The summed E-state index contributed by atoms with van der Waals surface area (Å²) >= 11 is 5.29. The molecule has 0 radical (unpaired) electrons. The summed E-state index contributed by atoms with van der Waals surface area (Å²) in [7, 11) is 0. The van der Waals surface area contributed by atoms with E-state index in [0.29, 0.717) is 6.42 Å². The summed E-state index contributed by atoms with van der Waals surface area (Å²) in [5.74, 6) is 0. The van der Waals surface area contributed by atoms with Gasteiger partial charge in [0.05, 0.1) is 0 Å². The van der Waals surface area contributed by atoms with Crippen LogP contribution in [0.1, 0.15) is 90.4 Å². The minimum atomic E-state index is -0.195. The molecule has 0 aliphatic carbocycles. The number of unbranched alkanes of at least 4 members (excludes halogenated alkanes) is 8. The fraction of sp³-hybridized carbons (Fsp3) is 0.824. The van der Waals surface area contributed by atoms with Crippen molar-refractivity contribution in [3.05, 3.63) is 12.2 Å². The monoisotopic (exact) mass is 286 g/mol. The van der Waals surface area contributed by atoms with Crippen LogP contribution in [0.15, 0.2) is 12.2 Å². The van der Waals surface area contributed by atoms with Crippen molar-refractivity contribution in [1.82, 2.24) is 0 Å². The summed E-state index contributed by atoms with van der Waals surface area (Å²) in [6.45, 7) is 6.41. The molecule has 0 N–H and O–H groups in total. The van der Waals surface area contributed by atoms with Crippen LogP contribution in [0.3, 0.4) is 0 Å². The molecule has 0 unspecified atom stereocenters. The highest BCUT2D eigenvalue weighted by molar-refractivity contribution is 6.63. The van der Waals surface area contributed by atoms with Gasteiger partial charge >= 0.3 is 0 Å². The second-order valence-corrected chi connectivity index (χ2v) is 5.96. The molecule has 0 spiro atoms. The molecule has 0 bridgehead atoms. The first kappa shape index (κ1) is 18.7. The van der Waals surface area contributed by atoms with Gasteiger partial charge in [-0.3, -0.25) is 4.79 Å². The number of halogens is 1. The maximum absolute atomic E-state index is 10.5. The molecule has 0 aromatic carbocycles. The van der Waals surface area contributed by atoms with Crippen LogP contribution < -0.4 is 0 Å². The van der Waals surface area contributed by atoms with Crippen molar-refractivity contribution in [2.24, 2.45) is 0 Å². The highest BCUT2D eigenvalue weighted by Gasteiger charge is 1.98. The van der Waals surface area contributed by atoms with Crippen LogP contribution in [0.2, 0.25) is 0 Å². The molecule has 0 fully saturated rings. The topological polar surface area (TPSA) is 17.1 Å². The summed E-state index contributed by atoms with van der Waals surface area (Å²) in [5.41, 5.74) is 1.43. The van der Waals surface area contributed by atoms with Crippen LogP contribution >= 0.6 is 11.6 Å². The van der Waals surface area contributed by atoms with Crippen LogP contribution in [0.5, 0.6) is 0 Å². The van der Waals surface area contributed by atoms with E-state index in [0.717, 1.165) is 12.8 Å². The fourth-order valence-corrected chi connectivity index (χ4v) is 2.41. The van der Waals surface area contributed by atoms with Crippen LogP contribution in [-0.4, -0.2) is 5.24 Å². The summed E-state index contributed by atoms with van der Waals surface area (Å²) in [5, 5.41) is -0.195. The SMILES string of the molecule is C=C(CCCCCC)CCCCCCCCC(=O)Cl. The molecule has 0 aromatic rings. The Morgan fingerprint density at radius 2 is 1.21 bits per heavy atom. The molecule has 0 heterocycles. The Hall–Kier alpha value is -0.300. The Balaban J connectivity index is 3.16. The molecule has 0 saturated carbocycles. The quantitative estimate of drug-likeness (QED) is 0.205. The van der Waals surface area contributed by atoms with Crippen molar-refractivity contribution in [2.75, 3.05) is 0 Å². The van der Waals surface area contributed by atoms with Crippen molar-refractivity contribution in [3.8, 4) is 0 Å². The van der Waals surface area contributed by atoms with Gasteiger partial charge in [-0.25, -0.2) is 0 Å². The van der Waals surface area contributed by atoms with Crippen LogP contribution in [0, 0.1) is 0 Å². The van der Waals surface area contributed by atoms with Gasteiger partial charge in [-0.05, 0) is 43.7 Å². The Kier molecular flexibility index (Phi) is 13.9.